The summed E-state index contributed by atoms with van der Waals surface area (Å²) < 4.78 is 4.97. The standard InChI is InChI=1S/C18H30N2O2/c1-13(2)15-7-9-16(10-8-15)17(14(3)4)20-18(21)19-11-6-12-22-5/h7-10,13-14,17H,6,11-12H2,1-5H3,(H2,19,20,21). The van der Waals surface area contributed by atoms with Gasteiger partial charge in [-0.1, -0.05) is 52.0 Å². The maximum atomic E-state index is 12.0. The summed E-state index contributed by atoms with van der Waals surface area (Å²) in [6.07, 6.45) is 0.819. The largest absolute Gasteiger partial charge is 0.385 e. The molecule has 22 heavy (non-hydrogen) atoms. The first-order valence-electron chi connectivity index (χ1n) is 8.08. The van der Waals surface area contributed by atoms with Gasteiger partial charge in [0.2, 0.25) is 0 Å². The van der Waals surface area contributed by atoms with Gasteiger partial charge in [0.1, 0.15) is 0 Å². The number of methoxy groups -OCH3 is 1. The molecule has 4 heteroatoms. The van der Waals surface area contributed by atoms with Gasteiger partial charge in [0.25, 0.3) is 0 Å². The van der Waals surface area contributed by atoms with Crippen molar-refractivity contribution in [1.29, 1.82) is 0 Å². The molecule has 1 unspecified atom stereocenters. The van der Waals surface area contributed by atoms with Crippen molar-refractivity contribution >= 4 is 6.03 Å². The molecule has 0 heterocycles. The Hall–Kier alpha value is -1.55. The Bertz CT molecular complexity index is 441. The SMILES string of the molecule is COCCCNC(=O)NC(c1ccc(C(C)C)cc1)C(C)C. The first kappa shape index (κ1) is 18.5. The molecule has 0 aromatic heterocycles. The van der Waals surface area contributed by atoms with Crippen molar-refractivity contribution in [2.24, 2.45) is 5.92 Å². The Balaban J connectivity index is 2.63. The quantitative estimate of drug-likeness (QED) is 0.717. The van der Waals surface area contributed by atoms with Crippen LogP contribution in [0.1, 0.15) is 57.2 Å². The first-order valence-corrected chi connectivity index (χ1v) is 8.08. The second-order valence-corrected chi connectivity index (χ2v) is 6.29. The van der Waals surface area contributed by atoms with Gasteiger partial charge in [-0.25, -0.2) is 4.79 Å². The average molecular weight is 306 g/mol. The summed E-state index contributed by atoms with van der Waals surface area (Å²) in [6, 6.07) is 8.42. The lowest BCUT2D eigenvalue weighted by Gasteiger charge is -2.23. The van der Waals surface area contributed by atoms with Crippen molar-refractivity contribution in [2.75, 3.05) is 20.3 Å². The van der Waals surface area contributed by atoms with Gasteiger partial charge in [-0.05, 0) is 29.4 Å². The minimum Gasteiger partial charge on any atom is -0.385 e. The van der Waals surface area contributed by atoms with E-state index in [1.807, 2.05) is 0 Å². The Labute approximate surface area is 134 Å². The van der Waals surface area contributed by atoms with E-state index >= 15 is 0 Å². The Morgan fingerprint density at radius 1 is 1.09 bits per heavy atom. The minimum atomic E-state index is -0.122. The number of carbonyl (C=O) groups excluding carboxylic acids is 1. The third-order valence-corrected chi connectivity index (χ3v) is 3.73. The van der Waals surface area contributed by atoms with E-state index in [1.54, 1.807) is 7.11 Å². The van der Waals surface area contributed by atoms with E-state index < -0.39 is 0 Å². The van der Waals surface area contributed by atoms with Gasteiger partial charge in [0.05, 0.1) is 6.04 Å². The summed E-state index contributed by atoms with van der Waals surface area (Å²) in [7, 11) is 1.66. The van der Waals surface area contributed by atoms with Crippen molar-refractivity contribution in [3.05, 3.63) is 35.4 Å². The molecule has 1 rings (SSSR count). The molecule has 0 spiro atoms. The number of urea groups is 1. The van der Waals surface area contributed by atoms with Crippen LogP contribution in [0.5, 0.6) is 0 Å². The highest BCUT2D eigenvalue weighted by Crippen LogP contribution is 2.23. The molecule has 1 aromatic rings. The van der Waals surface area contributed by atoms with Gasteiger partial charge in [0, 0.05) is 20.3 Å². The van der Waals surface area contributed by atoms with Gasteiger partial charge < -0.3 is 15.4 Å². The van der Waals surface area contributed by atoms with E-state index in [2.05, 4.69) is 62.6 Å². The van der Waals surface area contributed by atoms with Crippen molar-refractivity contribution < 1.29 is 9.53 Å². The van der Waals surface area contributed by atoms with E-state index in [0.29, 0.717) is 25.0 Å². The fourth-order valence-corrected chi connectivity index (χ4v) is 2.33. The van der Waals surface area contributed by atoms with Crippen LogP contribution in [-0.4, -0.2) is 26.3 Å². The highest BCUT2D eigenvalue weighted by molar-refractivity contribution is 5.74. The summed E-state index contributed by atoms with van der Waals surface area (Å²) in [6.45, 7) is 9.88. The summed E-state index contributed by atoms with van der Waals surface area (Å²) in [5.41, 5.74) is 2.46. The zero-order chi connectivity index (χ0) is 16.5. The highest BCUT2D eigenvalue weighted by Gasteiger charge is 2.18. The molecule has 4 nitrogen and oxygen atoms in total. The molecule has 0 saturated heterocycles. The van der Waals surface area contributed by atoms with E-state index in [4.69, 9.17) is 4.74 Å². The molecule has 124 valence electrons. The summed E-state index contributed by atoms with van der Waals surface area (Å²) in [4.78, 5) is 12.0. The number of hydrogen-bond acceptors (Lipinski definition) is 2. The molecular formula is C18H30N2O2. The van der Waals surface area contributed by atoms with Crippen LogP contribution in [-0.2, 0) is 4.74 Å². The van der Waals surface area contributed by atoms with Crippen LogP contribution in [0.4, 0.5) is 4.79 Å². The van der Waals surface area contributed by atoms with Crippen molar-refractivity contribution in [3.63, 3.8) is 0 Å². The summed E-state index contributed by atoms with van der Waals surface area (Å²) >= 11 is 0. The third kappa shape index (κ3) is 6.06. The van der Waals surface area contributed by atoms with Gasteiger partial charge in [-0.2, -0.15) is 0 Å². The van der Waals surface area contributed by atoms with E-state index in [9.17, 15) is 4.79 Å². The molecule has 2 N–H and O–H groups in total. The van der Waals surface area contributed by atoms with Gasteiger partial charge in [-0.15, -0.1) is 0 Å². The smallest absolute Gasteiger partial charge is 0.315 e. The number of rotatable bonds is 8. The molecule has 0 fully saturated rings. The van der Waals surface area contributed by atoms with E-state index in [0.717, 1.165) is 12.0 Å². The fourth-order valence-electron chi connectivity index (χ4n) is 2.33. The summed E-state index contributed by atoms with van der Waals surface area (Å²) in [5.74, 6) is 0.846. The van der Waals surface area contributed by atoms with Crippen molar-refractivity contribution in [2.45, 2.75) is 46.1 Å². The molecule has 0 aliphatic heterocycles. The topological polar surface area (TPSA) is 50.4 Å². The molecular weight excluding hydrogens is 276 g/mol. The molecule has 0 radical (unpaired) electrons. The number of nitrogens with one attached hydrogen (secondary N) is 2. The van der Waals surface area contributed by atoms with Crippen LogP contribution in [0, 0.1) is 5.92 Å². The fraction of sp³-hybridized carbons (Fsp3) is 0.611. The third-order valence-electron chi connectivity index (χ3n) is 3.73. The monoisotopic (exact) mass is 306 g/mol. The van der Waals surface area contributed by atoms with Crippen LogP contribution >= 0.6 is 0 Å². The molecule has 0 aliphatic carbocycles. The van der Waals surface area contributed by atoms with Gasteiger partial charge in [0.15, 0.2) is 0 Å². The predicted molar refractivity (Wildman–Crippen MR) is 91.1 cm³/mol. The Kier molecular flexibility index (Phi) is 7.96. The lowest BCUT2D eigenvalue weighted by Crippen LogP contribution is -2.40. The maximum absolute atomic E-state index is 12.0. The number of hydrogen-bond donors (Lipinski definition) is 2. The number of amides is 2. The second-order valence-electron chi connectivity index (χ2n) is 6.29. The first-order chi connectivity index (χ1) is 10.5. The number of ether oxygens (including phenoxy) is 1. The molecule has 0 saturated carbocycles. The van der Waals surface area contributed by atoms with Crippen LogP contribution in [0.2, 0.25) is 0 Å². The molecule has 0 aliphatic rings. The highest BCUT2D eigenvalue weighted by atomic mass is 16.5. The lowest BCUT2D eigenvalue weighted by molar-refractivity contribution is 0.193. The second kappa shape index (κ2) is 9.46. The zero-order valence-electron chi connectivity index (χ0n) is 14.5. The van der Waals surface area contributed by atoms with Gasteiger partial charge >= 0.3 is 6.03 Å². The van der Waals surface area contributed by atoms with Crippen LogP contribution in [0.15, 0.2) is 24.3 Å². The van der Waals surface area contributed by atoms with Crippen LogP contribution in [0.3, 0.4) is 0 Å². The van der Waals surface area contributed by atoms with Crippen molar-refractivity contribution in [3.8, 4) is 0 Å². The average Bonchev–Trinajstić information content (AvgIpc) is 2.49. The Morgan fingerprint density at radius 2 is 1.68 bits per heavy atom. The van der Waals surface area contributed by atoms with E-state index in [1.165, 1.54) is 5.56 Å². The normalized spacial score (nSPS) is 12.5. The number of carbonyl (C=O) groups is 1. The minimum absolute atomic E-state index is 0.0173. The zero-order valence-corrected chi connectivity index (χ0v) is 14.5. The van der Waals surface area contributed by atoms with Crippen LogP contribution < -0.4 is 10.6 Å². The molecule has 1 atom stereocenters. The maximum Gasteiger partial charge on any atom is 0.315 e. The van der Waals surface area contributed by atoms with Crippen molar-refractivity contribution in [1.82, 2.24) is 10.6 Å². The molecule has 0 bridgehead atoms. The Morgan fingerprint density at radius 3 is 2.18 bits per heavy atom. The van der Waals surface area contributed by atoms with Crippen LogP contribution in [0.25, 0.3) is 0 Å². The lowest BCUT2D eigenvalue weighted by atomic mass is 9.93. The summed E-state index contributed by atoms with van der Waals surface area (Å²) in [5, 5.41) is 5.94. The van der Waals surface area contributed by atoms with E-state index in [-0.39, 0.29) is 12.1 Å². The molecule has 2 amide bonds. The molecule has 1 aromatic carbocycles. The number of benzene rings is 1. The predicted octanol–water partition coefficient (Wildman–Crippen LogP) is 3.84. The van der Waals surface area contributed by atoms with Gasteiger partial charge in [-0.3, -0.25) is 0 Å².